The van der Waals surface area contributed by atoms with Crippen molar-refractivity contribution in [2.75, 3.05) is 6.54 Å². The molecule has 9 heteroatoms. The smallest absolute Gasteiger partial charge is 0.261 e. The molecule has 27 heavy (non-hydrogen) atoms. The van der Waals surface area contributed by atoms with Crippen molar-refractivity contribution in [3.63, 3.8) is 0 Å². The molecule has 1 aliphatic heterocycles. The van der Waals surface area contributed by atoms with Crippen molar-refractivity contribution >= 4 is 29.1 Å². The summed E-state index contributed by atoms with van der Waals surface area (Å²) < 4.78 is 0. The molecule has 5 N–H and O–H groups in total. The maximum Gasteiger partial charge on any atom is 0.261 e. The lowest BCUT2D eigenvalue weighted by Gasteiger charge is -2.12. The molecule has 2 unspecified atom stereocenters. The normalized spacial score (nSPS) is 18.7. The highest BCUT2D eigenvalue weighted by Gasteiger charge is 2.30. The van der Waals surface area contributed by atoms with Gasteiger partial charge in [0.2, 0.25) is 5.91 Å². The summed E-state index contributed by atoms with van der Waals surface area (Å²) in [5.41, 5.74) is 11.9. The van der Waals surface area contributed by atoms with Crippen LogP contribution in [0.5, 0.6) is 0 Å². The highest BCUT2D eigenvalue weighted by atomic mass is 32.1. The Morgan fingerprint density at radius 1 is 1.04 bits per heavy atom. The Kier molecular flexibility index (Phi) is 6.53. The topological polar surface area (TPSA) is 111 Å². The van der Waals surface area contributed by atoms with Gasteiger partial charge in [0.25, 0.3) is 11.8 Å². The van der Waals surface area contributed by atoms with Crippen LogP contribution in [0.15, 0.2) is 47.8 Å². The second kappa shape index (κ2) is 9.26. The van der Waals surface area contributed by atoms with E-state index in [-0.39, 0.29) is 36.7 Å². The molecule has 0 saturated carbocycles. The van der Waals surface area contributed by atoms with Gasteiger partial charge >= 0.3 is 0 Å². The number of carbonyl (C=O) groups is 3. The molecule has 1 aromatic carbocycles. The Morgan fingerprint density at radius 2 is 1.85 bits per heavy atom. The molecule has 0 bridgehead atoms. The third-order valence-electron chi connectivity index (χ3n) is 4.13. The van der Waals surface area contributed by atoms with Crippen LogP contribution >= 0.6 is 11.3 Å². The van der Waals surface area contributed by atoms with Crippen molar-refractivity contribution in [3.8, 4) is 0 Å². The molecule has 0 radical (unpaired) electrons. The molecule has 0 aliphatic carbocycles. The van der Waals surface area contributed by atoms with Gasteiger partial charge in [-0.25, -0.2) is 10.9 Å². The molecule has 1 aliphatic rings. The number of hydrogen-bond donors (Lipinski definition) is 5. The summed E-state index contributed by atoms with van der Waals surface area (Å²) in [5, 5.41) is 4.47. The third kappa shape index (κ3) is 5.36. The number of carbonyl (C=O) groups excluding carboxylic acids is 3. The lowest BCUT2D eigenvalue weighted by Crippen LogP contribution is -2.50. The average molecular weight is 387 g/mol. The van der Waals surface area contributed by atoms with Crippen molar-refractivity contribution < 1.29 is 14.4 Å². The van der Waals surface area contributed by atoms with Crippen LogP contribution in [-0.2, 0) is 9.59 Å². The van der Waals surface area contributed by atoms with Crippen LogP contribution < -0.4 is 27.0 Å². The van der Waals surface area contributed by atoms with Crippen molar-refractivity contribution in [1.29, 1.82) is 0 Å². The Labute approximate surface area is 160 Å². The summed E-state index contributed by atoms with van der Waals surface area (Å²) in [6.07, 6.45) is 0.642. The highest BCUT2D eigenvalue weighted by molar-refractivity contribution is 7.12. The number of amides is 3. The molecule has 2 heterocycles. The first-order valence-electron chi connectivity index (χ1n) is 8.60. The first-order chi connectivity index (χ1) is 13.1. The van der Waals surface area contributed by atoms with Crippen molar-refractivity contribution in [1.82, 2.24) is 27.0 Å². The quantitative estimate of drug-likeness (QED) is 0.467. The van der Waals surface area contributed by atoms with Gasteiger partial charge in [0.1, 0.15) is 6.04 Å². The minimum absolute atomic E-state index is 0.0325. The predicted molar refractivity (Wildman–Crippen MR) is 101 cm³/mol. The maximum atomic E-state index is 12.2. The second-order valence-corrected chi connectivity index (χ2v) is 7.01. The average Bonchev–Trinajstić information content (AvgIpc) is 3.38. The van der Waals surface area contributed by atoms with Crippen LogP contribution in [0.2, 0.25) is 0 Å². The summed E-state index contributed by atoms with van der Waals surface area (Å²) in [7, 11) is 0. The van der Waals surface area contributed by atoms with Crippen molar-refractivity contribution in [2.45, 2.75) is 24.9 Å². The van der Waals surface area contributed by atoms with E-state index in [2.05, 4.69) is 27.0 Å². The van der Waals surface area contributed by atoms with Crippen LogP contribution in [0.25, 0.3) is 0 Å². The van der Waals surface area contributed by atoms with E-state index >= 15 is 0 Å². The van der Waals surface area contributed by atoms with Crippen LogP contribution in [0.1, 0.15) is 34.1 Å². The van der Waals surface area contributed by atoms with Gasteiger partial charge in [-0.2, -0.15) is 0 Å². The summed E-state index contributed by atoms with van der Waals surface area (Å²) >= 11 is 1.33. The third-order valence-corrected chi connectivity index (χ3v) is 5.00. The largest absolute Gasteiger partial charge is 0.351 e. The summed E-state index contributed by atoms with van der Waals surface area (Å²) in [6, 6.07) is 12.9. The van der Waals surface area contributed by atoms with E-state index < -0.39 is 6.04 Å². The molecule has 142 valence electrons. The monoisotopic (exact) mass is 387 g/mol. The Balaban J connectivity index is 1.34. The van der Waals surface area contributed by atoms with Gasteiger partial charge < -0.3 is 5.32 Å². The van der Waals surface area contributed by atoms with E-state index in [0.717, 1.165) is 5.56 Å². The number of hydrazine groups is 2. The van der Waals surface area contributed by atoms with E-state index in [1.54, 1.807) is 12.1 Å². The minimum Gasteiger partial charge on any atom is -0.351 e. The van der Waals surface area contributed by atoms with Gasteiger partial charge in [0.05, 0.1) is 4.88 Å². The van der Waals surface area contributed by atoms with Gasteiger partial charge in [-0.15, -0.1) is 11.3 Å². The first-order valence-corrected chi connectivity index (χ1v) is 9.48. The van der Waals surface area contributed by atoms with Crippen LogP contribution in [-0.4, -0.2) is 30.3 Å². The zero-order valence-corrected chi connectivity index (χ0v) is 15.3. The van der Waals surface area contributed by atoms with Crippen molar-refractivity contribution in [3.05, 3.63) is 58.3 Å². The van der Waals surface area contributed by atoms with Crippen molar-refractivity contribution in [2.24, 2.45) is 0 Å². The van der Waals surface area contributed by atoms with Crippen LogP contribution in [0.3, 0.4) is 0 Å². The summed E-state index contributed by atoms with van der Waals surface area (Å²) in [5.74, 6) is -0.910. The number of benzene rings is 1. The molecule has 1 aromatic heterocycles. The molecule has 2 aromatic rings. The second-order valence-electron chi connectivity index (χ2n) is 6.06. The Hall–Kier alpha value is -2.75. The fourth-order valence-corrected chi connectivity index (χ4v) is 3.34. The highest BCUT2D eigenvalue weighted by Crippen LogP contribution is 2.21. The Morgan fingerprint density at radius 3 is 2.59 bits per heavy atom. The Bertz CT molecular complexity index is 782. The molecular formula is C18H21N5O3S. The molecule has 2 atom stereocenters. The zero-order valence-electron chi connectivity index (χ0n) is 14.5. The van der Waals surface area contributed by atoms with Gasteiger partial charge in [-0.3, -0.25) is 25.2 Å². The van der Waals surface area contributed by atoms with E-state index in [4.69, 9.17) is 0 Å². The molecule has 3 amide bonds. The molecule has 3 rings (SSSR count). The van der Waals surface area contributed by atoms with Gasteiger partial charge in [0, 0.05) is 19.0 Å². The maximum absolute atomic E-state index is 12.2. The standard InChI is InChI=1S/C18H21N5O3S/c24-16(8-9-19-18(26)15-7-4-10-27-15)22-23-17(25)14-11-13(20-21-14)12-5-2-1-3-6-12/h1-7,10,13-14,20-21H,8-9,11H2,(H,19,26)(H,22,24)(H,23,25). The lowest BCUT2D eigenvalue weighted by molar-refractivity contribution is -0.129. The van der Waals surface area contributed by atoms with Gasteiger partial charge in [-0.1, -0.05) is 36.4 Å². The lowest BCUT2D eigenvalue weighted by atomic mass is 10.0. The van der Waals surface area contributed by atoms with Crippen LogP contribution in [0, 0.1) is 0 Å². The zero-order chi connectivity index (χ0) is 19.1. The first kappa shape index (κ1) is 19.0. The number of thiophene rings is 1. The minimum atomic E-state index is -0.450. The number of rotatable bonds is 6. The van der Waals surface area contributed by atoms with Crippen LogP contribution in [0.4, 0.5) is 0 Å². The van der Waals surface area contributed by atoms with Gasteiger partial charge in [-0.05, 0) is 23.4 Å². The summed E-state index contributed by atoms with van der Waals surface area (Å²) in [6.45, 7) is 0.192. The molecule has 0 spiro atoms. The van der Waals surface area contributed by atoms with E-state index in [1.165, 1.54) is 11.3 Å². The predicted octanol–water partition coefficient (Wildman–Crippen LogP) is 0.623. The SMILES string of the molecule is O=C(CCNC(=O)c1cccs1)NNC(=O)C1CC(c2ccccc2)NN1. The van der Waals surface area contributed by atoms with E-state index in [9.17, 15) is 14.4 Å². The molecule has 8 nitrogen and oxygen atoms in total. The molecule has 1 fully saturated rings. The van der Waals surface area contributed by atoms with Gasteiger partial charge in [0.15, 0.2) is 0 Å². The number of hydrogen-bond acceptors (Lipinski definition) is 6. The molecule has 1 saturated heterocycles. The summed E-state index contributed by atoms with van der Waals surface area (Å²) in [4.78, 5) is 36.3. The van der Waals surface area contributed by atoms with E-state index in [0.29, 0.717) is 11.3 Å². The number of nitrogens with one attached hydrogen (secondary N) is 5. The fraction of sp³-hybridized carbons (Fsp3) is 0.278. The van der Waals surface area contributed by atoms with E-state index in [1.807, 2.05) is 35.7 Å². The fourth-order valence-electron chi connectivity index (χ4n) is 2.70. The molecular weight excluding hydrogens is 366 g/mol.